The molecule has 2 rings (SSSR count). The normalized spacial score (nSPS) is 15.6. The van der Waals surface area contributed by atoms with Crippen molar-refractivity contribution in [3.8, 4) is 0 Å². The molecule has 0 spiro atoms. The van der Waals surface area contributed by atoms with E-state index in [-0.39, 0.29) is 11.0 Å². The zero-order valence-corrected chi connectivity index (χ0v) is 11.3. The van der Waals surface area contributed by atoms with E-state index in [2.05, 4.69) is 9.97 Å². The molecule has 0 bridgehead atoms. The Morgan fingerprint density at radius 3 is 2.58 bits per heavy atom. The Morgan fingerprint density at radius 2 is 2.05 bits per heavy atom. The molecule has 106 valence electrons. The van der Waals surface area contributed by atoms with Gasteiger partial charge in [-0.3, -0.25) is 0 Å². The van der Waals surface area contributed by atoms with Crippen molar-refractivity contribution >= 4 is 17.4 Å². The highest BCUT2D eigenvalue weighted by Gasteiger charge is 2.36. The van der Waals surface area contributed by atoms with E-state index in [9.17, 15) is 13.2 Å². The first-order valence-corrected chi connectivity index (χ1v) is 6.64. The molecule has 0 N–H and O–H groups in total. The van der Waals surface area contributed by atoms with Gasteiger partial charge in [0.15, 0.2) is 0 Å². The van der Waals surface area contributed by atoms with Crippen molar-refractivity contribution in [2.75, 3.05) is 18.0 Å². The summed E-state index contributed by atoms with van der Waals surface area (Å²) in [5.74, 6) is -0.345. The first-order valence-electron chi connectivity index (χ1n) is 6.27. The van der Waals surface area contributed by atoms with Crippen molar-refractivity contribution in [1.82, 2.24) is 9.97 Å². The topological polar surface area (TPSA) is 29.0 Å². The van der Waals surface area contributed by atoms with Crippen LogP contribution in [-0.4, -0.2) is 23.1 Å². The molecule has 0 amide bonds. The second kappa shape index (κ2) is 5.53. The number of halogens is 4. The summed E-state index contributed by atoms with van der Waals surface area (Å²) < 4.78 is 38.0. The lowest BCUT2D eigenvalue weighted by Crippen LogP contribution is -2.28. The summed E-state index contributed by atoms with van der Waals surface area (Å²) in [6.07, 6.45) is -1.47. The van der Waals surface area contributed by atoms with Gasteiger partial charge in [0, 0.05) is 19.2 Å². The Balaban J connectivity index is 2.27. The van der Waals surface area contributed by atoms with Gasteiger partial charge >= 0.3 is 6.18 Å². The predicted molar refractivity (Wildman–Crippen MR) is 67.3 cm³/mol. The van der Waals surface area contributed by atoms with Crippen LogP contribution in [0.5, 0.6) is 0 Å². The maximum Gasteiger partial charge on any atom is 0.451 e. The van der Waals surface area contributed by atoms with Gasteiger partial charge in [0.25, 0.3) is 0 Å². The smallest absolute Gasteiger partial charge is 0.356 e. The van der Waals surface area contributed by atoms with Crippen LogP contribution in [0.15, 0.2) is 6.07 Å². The quantitative estimate of drug-likeness (QED) is 0.774. The van der Waals surface area contributed by atoms with E-state index in [0.717, 1.165) is 25.8 Å². The lowest BCUT2D eigenvalue weighted by atomic mass is 10.3. The molecule has 0 atom stereocenters. The number of rotatable bonds is 5. The first kappa shape index (κ1) is 14.4. The molecular weight excluding hydrogens is 279 g/mol. The van der Waals surface area contributed by atoms with Gasteiger partial charge in [-0.25, -0.2) is 9.97 Å². The number of aromatic nitrogens is 2. The van der Waals surface area contributed by atoms with E-state index in [4.69, 9.17) is 11.6 Å². The molecule has 1 fully saturated rings. The summed E-state index contributed by atoms with van der Waals surface area (Å²) in [5.41, 5.74) is 0. The van der Waals surface area contributed by atoms with E-state index in [1.165, 1.54) is 6.07 Å². The molecular formula is C12H15ClF3N3. The van der Waals surface area contributed by atoms with Crippen LogP contribution in [-0.2, 0) is 6.18 Å². The lowest BCUT2D eigenvalue weighted by molar-refractivity contribution is -0.144. The van der Waals surface area contributed by atoms with Crippen LogP contribution in [0.1, 0.15) is 32.0 Å². The van der Waals surface area contributed by atoms with Crippen LogP contribution in [0.25, 0.3) is 0 Å². The molecule has 7 heteroatoms. The zero-order chi connectivity index (χ0) is 14.0. The Hall–Kier alpha value is -1.04. The van der Waals surface area contributed by atoms with Crippen molar-refractivity contribution in [3.63, 3.8) is 0 Å². The van der Waals surface area contributed by atoms with Gasteiger partial charge in [0.1, 0.15) is 11.0 Å². The summed E-state index contributed by atoms with van der Waals surface area (Å²) >= 11 is 5.67. The molecule has 0 aromatic carbocycles. The van der Waals surface area contributed by atoms with Crippen molar-refractivity contribution in [2.24, 2.45) is 5.92 Å². The molecule has 1 saturated carbocycles. The molecule has 0 radical (unpaired) electrons. The minimum absolute atomic E-state index is 0.172. The lowest BCUT2D eigenvalue weighted by Gasteiger charge is -2.23. The predicted octanol–water partition coefficient (Wildman–Crippen LogP) is 3.78. The molecule has 0 unspecified atom stereocenters. The van der Waals surface area contributed by atoms with Gasteiger partial charge in [-0.2, -0.15) is 13.2 Å². The summed E-state index contributed by atoms with van der Waals surface area (Å²) in [6, 6.07) is 1.40. The van der Waals surface area contributed by atoms with E-state index >= 15 is 0 Å². The van der Waals surface area contributed by atoms with Crippen molar-refractivity contribution in [2.45, 2.75) is 32.4 Å². The van der Waals surface area contributed by atoms with Crippen LogP contribution < -0.4 is 4.90 Å². The van der Waals surface area contributed by atoms with Crippen molar-refractivity contribution in [3.05, 3.63) is 17.0 Å². The molecule has 1 aromatic heterocycles. The van der Waals surface area contributed by atoms with Gasteiger partial charge in [-0.15, -0.1) is 0 Å². The van der Waals surface area contributed by atoms with Crippen molar-refractivity contribution in [1.29, 1.82) is 0 Å². The summed E-state index contributed by atoms with van der Waals surface area (Å²) in [4.78, 5) is 8.72. The summed E-state index contributed by atoms with van der Waals surface area (Å²) in [6.45, 7) is 3.38. The molecule has 1 aliphatic carbocycles. The van der Waals surface area contributed by atoms with E-state index in [1.54, 1.807) is 0 Å². The minimum Gasteiger partial charge on any atom is -0.356 e. The van der Waals surface area contributed by atoms with Crippen LogP contribution in [0, 0.1) is 5.92 Å². The van der Waals surface area contributed by atoms with Crippen LogP contribution in [0.3, 0.4) is 0 Å². The Bertz CT molecular complexity index is 446. The second-order valence-electron chi connectivity index (χ2n) is 4.76. The SMILES string of the molecule is CCCN(CC1CC1)c1cc(Cl)nc(C(F)(F)F)n1. The number of anilines is 1. The number of hydrogen-bond acceptors (Lipinski definition) is 3. The monoisotopic (exact) mass is 293 g/mol. The van der Waals surface area contributed by atoms with Gasteiger partial charge in [0.05, 0.1) is 0 Å². The van der Waals surface area contributed by atoms with Gasteiger partial charge in [-0.1, -0.05) is 18.5 Å². The van der Waals surface area contributed by atoms with E-state index < -0.39 is 12.0 Å². The van der Waals surface area contributed by atoms with Crippen molar-refractivity contribution < 1.29 is 13.2 Å². The summed E-state index contributed by atoms with van der Waals surface area (Å²) in [5, 5.41) is -0.172. The van der Waals surface area contributed by atoms with Crippen LogP contribution in [0.4, 0.5) is 19.0 Å². The average Bonchev–Trinajstić information content (AvgIpc) is 3.10. The fourth-order valence-electron chi connectivity index (χ4n) is 1.88. The number of hydrogen-bond donors (Lipinski definition) is 0. The maximum atomic E-state index is 12.7. The molecule has 0 saturated heterocycles. The minimum atomic E-state index is -4.57. The van der Waals surface area contributed by atoms with E-state index in [0.29, 0.717) is 12.5 Å². The van der Waals surface area contributed by atoms with Gasteiger partial charge < -0.3 is 4.90 Å². The fraction of sp³-hybridized carbons (Fsp3) is 0.667. The third-order valence-corrected chi connectivity index (χ3v) is 3.12. The fourth-order valence-corrected chi connectivity index (χ4v) is 2.05. The first-order chi connectivity index (χ1) is 8.90. The molecule has 3 nitrogen and oxygen atoms in total. The Kier molecular flexibility index (Phi) is 4.18. The highest BCUT2D eigenvalue weighted by Crippen LogP contribution is 2.33. The van der Waals surface area contributed by atoms with Gasteiger partial charge in [-0.05, 0) is 25.2 Å². The zero-order valence-electron chi connectivity index (χ0n) is 10.5. The number of alkyl halides is 3. The third kappa shape index (κ3) is 3.96. The molecule has 1 heterocycles. The van der Waals surface area contributed by atoms with Crippen LogP contribution >= 0.6 is 11.6 Å². The second-order valence-corrected chi connectivity index (χ2v) is 5.15. The molecule has 1 aliphatic rings. The standard InChI is InChI=1S/C12H15ClF3N3/c1-2-5-19(7-8-3-4-8)10-6-9(13)17-11(18-10)12(14,15)16/h6,8H,2-5,7H2,1H3. The number of nitrogens with zero attached hydrogens (tertiary/aromatic N) is 3. The largest absolute Gasteiger partial charge is 0.451 e. The van der Waals surface area contributed by atoms with Crippen LogP contribution in [0.2, 0.25) is 5.15 Å². The maximum absolute atomic E-state index is 12.7. The third-order valence-electron chi connectivity index (χ3n) is 2.93. The summed E-state index contributed by atoms with van der Waals surface area (Å²) in [7, 11) is 0. The Morgan fingerprint density at radius 1 is 1.37 bits per heavy atom. The van der Waals surface area contributed by atoms with Gasteiger partial charge in [0.2, 0.25) is 5.82 Å². The molecule has 1 aromatic rings. The molecule has 0 aliphatic heterocycles. The highest BCUT2D eigenvalue weighted by atomic mass is 35.5. The highest BCUT2D eigenvalue weighted by molar-refractivity contribution is 6.29. The average molecular weight is 294 g/mol. The van der Waals surface area contributed by atoms with E-state index in [1.807, 2.05) is 11.8 Å². The molecule has 19 heavy (non-hydrogen) atoms. The Labute approximate surface area is 114 Å².